The van der Waals surface area contributed by atoms with Crippen LogP contribution < -0.4 is 9.47 Å². The van der Waals surface area contributed by atoms with Gasteiger partial charge in [-0.05, 0) is 83.5 Å². The molecule has 0 saturated heterocycles. The van der Waals surface area contributed by atoms with Crippen molar-refractivity contribution >= 4 is 57.4 Å². The predicted molar refractivity (Wildman–Crippen MR) is 136 cm³/mol. The molecular weight excluding hydrogens is 544 g/mol. The molecule has 3 rings (SSSR count). The second kappa shape index (κ2) is 10.9. The summed E-state index contributed by atoms with van der Waals surface area (Å²) in [6.45, 7) is 4.77. The summed E-state index contributed by atoms with van der Waals surface area (Å²) in [6.07, 6.45) is 1.86. The van der Waals surface area contributed by atoms with Crippen LogP contribution in [0.1, 0.15) is 29.2 Å². The Hall–Kier alpha value is -2.20. The van der Waals surface area contributed by atoms with Crippen LogP contribution in [0.2, 0.25) is 10.0 Å². The van der Waals surface area contributed by atoms with Gasteiger partial charge in [0.15, 0.2) is 11.5 Å². The van der Waals surface area contributed by atoms with Crippen LogP contribution in [0.5, 0.6) is 11.5 Å². The minimum absolute atomic E-state index is 0.328. The van der Waals surface area contributed by atoms with Crippen LogP contribution >= 0.6 is 45.8 Å². The normalized spacial score (nSPS) is 11.2. The number of rotatable bonds is 7. The molecule has 3 nitrogen and oxygen atoms in total. The van der Waals surface area contributed by atoms with Gasteiger partial charge in [-0.25, -0.2) is 0 Å². The van der Waals surface area contributed by atoms with Crippen LogP contribution in [0.4, 0.5) is 0 Å². The quantitative estimate of drug-likeness (QED) is 0.166. The Labute approximate surface area is 206 Å². The summed E-state index contributed by atoms with van der Waals surface area (Å²) in [5.41, 5.74) is 4.39. The fraction of sp³-hybridized carbons (Fsp3) is 0.160. The van der Waals surface area contributed by atoms with Gasteiger partial charge in [-0.1, -0.05) is 59.1 Å². The zero-order valence-electron chi connectivity index (χ0n) is 17.1. The van der Waals surface area contributed by atoms with Gasteiger partial charge in [0.25, 0.3) is 0 Å². The summed E-state index contributed by atoms with van der Waals surface area (Å²) in [6, 6.07) is 19.5. The predicted octanol–water partition coefficient (Wildman–Crippen LogP) is 7.95. The smallest absolute Gasteiger partial charge is 0.175 e. The molecule has 0 N–H and O–H groups in total. The van der Waals surface area contributed by atoms with Gasteiger partial charge in [0, 0.05) is 0 Å². The van der Waals surface area contributed by atoms with Crippen molar-refractivity contribution in [2.75, 3.05) is 6.61 Å². The number of halogens is 3. The fourth-order valence-corrected chi connectivity index (χ4v) is 4.04. The van der Waals surface area contributed by atoms with Crippen molar-refractivity contribution in [1.82, 2.24) is 0 Å². The molecule has 0 aliphatic heterocycles. The highest BCUT2D eigenvalue weighted by Crippen LogP contribution is 2.36. The third kappa shape index (κ3) is 6.16. The monoisotopic (exact) mass is 563 g/mol. The standard InChI is InChI=1S/C25H20Cl2INO2/c1-3-30-24-13-18(10-20(14-29)19-7-4-16(2)5-8-19)12-23(28)25(24)31-15-17-6-9-21(26)22(27)11-17/h4-13H,3,15H2,1-2H3/b20-10-. The second-order valence-electron chi connectivity index (χ2n) is 6.84. The summed E-state index contributed by atoms with van der Waals surface area (Å²) in [4.78, 5) is 0. The van der Waals surface area contributed by atoms with E-state index < -0.39 is 0 Å². The highest BCUT2D eigenvalue weighted by molar-refractivity contribution is 14.1. The van der Waals surface area contributed by atoms with E-state index in [1.807, 2.05) is 62.4 Å². The summed E-state index contributed by atoms with van der Waals surface area (Å²) >= 11 is 14.3. The van der Waals surface area contributed by atoms with Crippen molar-refractivity contribution in [1.29, 1.82) is 5.26 Å². The first kappa shape index (κ1) is 23.5. The van der Waals surface area contributed by atoms with Crippen molar-refractivity contribution in [3.63, 3.8) is 0 Å². The summed E-state index contributed by atoms with van der Waals surface area (Å²) < 4.78 is 12.8. The van der Waals surface area contributed by atoms with Gasteiger partial charge in [-0.2, -0.15) is 5.26 Å². The van der Waals surface area contributed by atoms with Crippen LogP contribution in [-0.2, 0) is 6.61 Å². The zero-order valence-corrected chi connectivity index (χ0v) is 20.8. The van der Waals surface area contributed by atoms with Gasteiger partial charge in [-0.15, -0.1) is 0 Å². The van der Waals surface area contributed by atoms with Crippen LogP contribution in [-0.4, -0.2) is 6.61 Å². The number of hydrogen-bond acceptors (Lipinski definition) is 3. The van der Waals surface area contributed by atoms with E-state index in [1.54, 1.807) is 12.1 Å². The Balaban J connectivity index is 1.91. The summed E-state index contributed by atoms with van der Waals surface area (Å²) in [5, 5.41) is 10.7. The second-order valence-corrected chi connectivity index (χ2v) is 8.81. The van der Waals surface area contributed by atoms with Crippen molar-refractivity contribution < 1.29 is 9.47 Å². The molecule has 3 aromatic carbocycles. The zero-order chi connectivity index (χ0) is 22.4. The number of ether oxygens (including phenoxy) is 2. The molecule has 158 valence electrons. The van der Waals surface area contributed by atoms with Gasteiger partial charge in [0.1, 0.15) is 6.61 Å². The van der Waals surface area contributed by atoms with E-state index in [0.717, 1.165) is 25.8 Å². The molecule has 0 heterocycles. The van der Waals surface area contributed by atoms with Gasteiger partial charge < -0.3 is 9.47 Å². The topological polar surface area (TPSA) is 42.2 Å². The Morgan fingerprint density at radius 1 is 1.03 bits per heavy atom. The van der Waals surface area contributed by atoms with Crippen molar-refractivity contribution in [2.45, 2.75) is 20.5 Å². The van der Waals surface area contributed by atoms with Crippen molar-refractivity contribution in [3.8, 4) is 17.6 Å². The van der Waals surface area contributed by atoms with E-state index in [1.165, 1.54) is 0 Å². The first-order valence-electron chi connectivity index (χ1n) is 9.63. The Kier molecular flexibility index (Phi) is 8.25. The molecule has 0 spiro atoms. The van der Waals surface area contributed by atoms with Crippen LogP contribution in [0.15, 0.2) is 54.6 Å². The molecule has 0 aromatic heterocycles. The van der Waals surface area contributed by atoms with E-state index >= 15 is 0 Å². The Morgan fingerprint density at radius 2 is 1.77 bits per heavy atom. The van der Waals surface area contributed by atoms with Crippen LogP contribution in [0.25, 0.3) is 11.6 Å². The average molecular weight is 564 g/mol. The van der Waals surface area contributed by atoms with Gasteiger partial charge in [0.2, 0.25) is 0 Å². The largest absolute Gasteiger partial charge is 0.490 e. The fourth-order valence-electron chi connectivity index (χ4n) is 2.94. The van der Waals surface area contributed by atoms with Crippen LogP contribution in [0, 0.1) is 21.8 Å². The third-order valence-corrected chi connectivity index (χ3v) is 6.03. The van der Waals surface area contributed by atoms with Crippen molar-refractivity contribution in [2.24, 2.45) is 0 Å². The highest BCUT2D eigenvalue weighted by atomic mass is 127. The lowest BCUT2D eigenvalue weighted by Crippen LogP contribution is -2.02. The van der Waals surface area contributed by atoms with E-state index in [2.05, 4.69) is 28.7 Å². The number of hydrogen-bond donors (Lipinski definition) is 0. The molecule has 0 radical (unpaired) electrons. The maximum atomic E-state index is 9.66. The number of nitrogens with zero attached hydrogens (tertiary/aromatic N) is 1. The maximum absolute atomic E-state index is 9.66. The molecule has 6 heteroatoms. The SMILES string of the molecule is CCOc1cc(/C=C(/C#N)c2ccc(C)cc2)cc(I)c1OCc1ccc(Cl)c(Cl)c1. The average Bonchev–Trinajstić information content (AvgIpc) is 2.75. The first-order chi connectivity index (χ1) is 14.9. The molecule has 0 aliphatic carbocycles. The lowest BCUT2D eigenvalue weighted by molar-refractivity contribution is 0.267. The van der Waals surface area contributed by atoms with Gasteiger partial charge in [0.05, 0.1) is 31.9 Å². The molecule has 0 bridgehead atoms. The number of benzene rings is 3. The third-order valence-electron chi connectivity index (χ3n) is 4.49. The Bertz CT molecular complexity index is 1150. The molecule has 0 aliphatic rings. The summed E-state index contributed by atoms with van der Waals surface area (Å²) in [5.74, 6) is 1.28. The lowest BCUT2D eigenvalue weighted by Gasteiger charge is -2.15. The van der Waals surface area contributed by atoms with E-state index in [4.69, 9.17) is 32.7 Å². The van der Waals surface area contributed by atoms with Gasteiger partial charge >= 0.3 is 0 Å². The minimum atomic E-state index is 0.328. The van der Waals surface area contributed by atoms with Crippen LogP contribution in [0.3, 0.4) is 0 Å². The van der Waals surface area contributed by atoms with E-state index in [0.29, 0.717) is 40.3 Å². The van der Waals surface area contributed by atoms with E-state index in [-0.39, 0.29) is 0 Å². The molecule has 3 aromatic rings. The highest BCUT2D eigenvalue weighted by Gasteiger charge is 2.13. The molecule has 31 heavy (non-hydrogen) atoms. The number of allylic oxidation sites excluding steroid dienone is 1. The molecule has 0 atom stereocenters. The van der Waals surface area contributed by atoms with E-state index in [9.17, 15) is 5.26 Å². The minimum Gasteiger partial charge on any atom is -0.490 e. The number of nitriles is 1. The van der Waals surface area contributed by atoms with Crippen molar-refractivity contribution in [3.05, 3.63) is 90.5 Å². The molecule has 0 unspecified atom stereocenters. The number of aryl methyl sites for hydroxylation is 1. The first-order valence-corrected chi connectivity index (χ1v) is 11.5. The maximum Gasteiger partial charge on any atom is 0.175 e. The molecule has 0 fully saturated rings. The molecule has 0 amide bonds. The summed E-state index contributed by atoms with van der Waals surface area (Å²) in [7, 11) is 0. The molecule has 0 saturated carbocycles. The Morgan fingerprint density at radius 3 is 2.42 bits per heavy atom. The molecular formula is C25H20Cl2INO2. The van der Waals surface area contributed by atoms with Gasteiger partial charge in [-0.3, -0.25) is 0 Å². The lowest BCUT2D eigenvalue weighted by atomic mass is 10.0.